The van der Waals surface area contributed by atoms with E-state index in [0.29, 0.717) is 0 Å². The lowest BCUT2D eigenvalue weighted by Gasteiger charge is -2.23. The summed E-state index contributed by atoms with van der Waals surface area (Å²) in [5, 5.41) is 3.11. The molecule has 3 atom stereocenters. The minimum atomic E-state index is -5.16. The minimum Gasteiger partial charge on any atom is -0.486 e. The Hall–Kier alpha value is -2.99. The molecule has 1 aromatic carbocycles. The van der Waals surface area contributed by atoms with Crippen LogP contribution in [-0.4, -0.2) is 56.1 Å². The van der Waals surface area contributed by atoms with Crippen LogP contribution >= 0.6 is 0 Å². The number of halogens is 6. The zero-order valence-electron chi connectivity index (χ0n) is 15.6. The van der Waals surface area contributed by atoms with Crippen LogP contribution in [0.5, 0.6) is 5.75 Å². The number of para-hydroxylation sites is 1. The van der Waals surface area contributed by atoms with Gasteiger partial charge in [0.05, 0.1) is 5.69 Å². The molecule has 13 heteroatoms. The maximum atomic E-state index is 13.9. The van der Waals surface area contributed by atoms with Crippen molar-refractivity contribution in [3.8, 4) is 5.75 Å². The summed E-state index contributed by atoms with van der Waals surface area (Å²) in [6, 6.07) is 2.41. The van der Waals surface area contributed by atoms with E-state index in [4.69, 9.17) is 4.74 Å². The second-order valence-electron chi connectivity index (χ2n) is 6.43. The molecule has 3 unspecified atom stereocenters. The quantitative estimate of drug-likeness (QED) is 0.399. The molecule has 166 valence electrons. The van der Waals surface area contributed by atoms with E-state index in [1.807, 2.05) is 0 Å². The molecular formula is C17H17F6N3O4. The van der Waals surface area contributed by atoms with Gasteiger partial charge in [0.25, 0.3) is 5.91 Å². The predicted molar refractivity (Wildman–Crippen MR) is 90.4 cm³/mol. The number of carbonyl (C=O) groups is 3. The van der Waals surface area contributed by atoms with E-state index >= 15 is 0 Å². The Morgan fingerprint density at radius 3 is 2.47 bits per heavy atom. The van der Waals surface area contributed by atoms with Gasteiger partial charge in [0.2, 0.25) is 18.1 Å². The summed E-state index contributed by atoms with van der Waals surface area (Å²) < 4.78 is 82.5. The second-order valence-corrected chi connectivity index (χ2v) is 6.43. The van der Waals surface area contributed by atoms with Gasteiger partial charge in [0, 0.05) is 7.05 Å². The van der Waals surface area contributed by atoms with E-state index in [9.17, 15) is 40.7 Å². The first-order chi connectivity index (χ1) is 13.9. The Bertz CT molecular complexity index is 838. The highest BCUT2D eigenvalue weighted by atomic mass is 19.3. The van der Waals surface area contributed by atoms with Gasteiger partial charge in [-0.3, -0.25) is 14.4 Å². The molecule has 1 aliphatic rings. The third kappa shape index (κ3) is 4.60. The molecular weight excluding hydrogens is 424 g/mol. The largest absolute Gasteiger partial charge is 0.486 e. The highest BCUT2D eigenvalue weighted by Gasteiger charge is 2.51. The lowest BCUT2D eigenvalue weighted by molar-refractivity contribution is -0.181. The molecule has 0 radical (unpaired) electrons. The number of carbonyl (C=O) groups excluding carboxylic acids is 3. The first kappa shape index (κ1) is 23.3. The van der Waals surface area contributed by atoms with Crippen molar-refractivity contribution in [1.29, 1.82) is 0 Å². The highest BCUT2D eigenvalue weighted by molar-refractivity contribution is 6.04. The third-order valence-electron chi connectivity index (χ3n) is 4.33. The molecule has 30 heavy (non-hydrogen) atoms. The van der Waals surface area contributed by atoms with E-state index in [2.05, 4.69) is 5.32 Å². The van der Waals surface area contributed by atoms with Gasteiger partial charge in [-0.2, -0.15) is 8.78 Å². The number of alkyl halides is 5. The first-order valence-corrected chi connectivity index (χ1v) is 8.47. The maximum absolute atomic E-state index is 13.9. The highest BCUT2D eigenvalue weighted by Crippen LogP contribution is 2.33. The van der Waals surface area contributed by atoms with E-state index in [1.165, 1.54) is 19.2 Å². The second kappa shape index (κ2) is 8.79. The third-order valence-corrected chi connectivity index (χ3v) is 4.33. The smallest absolute Gasteiger partial charge is 0.355 e. The average molecular weight is 441 g/mol. The maximum Gasteiger partial charge on any atom is 0.355 e. The summed E-state index contributed by atoms with van der Waals surface area (Å²) >= 11 is 0. The number of ether oxygens (including phenoxy) is 1. The van der Waals surface area contributed by atoms with Crippen LogP contribution in [0.4, 0.5) is 32.0 Å². The summed E-state index contributed by atoms with van der Waals surface area (Å²) in [6.07, 6.45) is -8.11. The Morgan fingerprint density at radius 1 is 1.23 bits per heavy atom. The fourth-order valence-corrected chi connectivity index (χ4v) is 2.47. The molecule has 2 N–H and O–H groups in total. The van der Waals surface area contributed by atoms with Crippen LogP contribution in [0.15, 0.2) is 18.2 Å². The van der Waals surface area contributed by atoms with E-state index in [-0.39, 0.29) is 11.4 Å². The van der Waals surface area contributed by atoms with Crippen LogP contribution in [0, 0.1) is 11.7 Å². The summed E-state index contributed by atoms with van der Waals surface area (Å²) in [4.78, 5) is 37.5. The predicted octanol–water partition coefficient (Wildman–Crippen LogP) is 1.61. The summed E-state index contributed by atoms with van der Waals surface area (Å²) in [7, 11) is 1.28. The normalized spacial score (nSPS) is 18.8. The fourth-order valence-electron chi connectivity index (χ4n) is 2.47. The van der Waals surface area contributed by atoms with Crippen molar-refractivity contribution in [2.24, 2.45) is 5.92 Å². The molecule has 0 bridgehead atoms. The lowest BCUT2D eigenvalue weighted by Crippen LogP contribution is -2.54. The first-order valence-electron chi connectivity index (χ1n) is 8.47. The average Bonchev–Trinajstić information content (AvgIpc) is 2.80. The van der Waals surface area contributed by atoms with Crippen molar-refractivity contribution in [2.45, 2.75) is 31.6 Å². The monoisotopic (exact) mass is 441 g/mol. The van der Waals surface area contributed by atoms with Crippen LogP contribution in [0.2, 0.25) is 0 Å². The molecule has 1 aliphatic heterocycles. The van der Waals surface area contributed by atoms with Gasteiger partial charge in [-0.25, -0.2) is 17.6 Å². The number of benzene rings is 1. The van der Waals surface area contributed by atoms with Crippen molar-refractivity contribution in [3.05, 3.63) is 24.0 Å². The minimum absolute atomic E-state index is 0.0806. The number of anilines is 1. The Labute approximate surface area is 166 Å². The number of amides is 3. The van der Waals surface area contributed by atoms with Crippen LogP contribution in [0.25, 0.3) is 0 Å². The van der Waals surface area contributed by atoms with Gasteiger partial charge < -0.3 is 20.3 Å². The van der Waals surface area contributed by atoms with E-state index in [1.54, 1.807) is 0 Å². The zero-order chi connectivity index (χ0) is 22.8. The van der Waals surface area contributed by atoms with Crippen molar-refractivity contribution < 1.29 is 45.5 Å². The van der Waals surface area contributed by atoms with E-state index in [0.717, 1.165) is 23.2 Å². The zero-order valence-corrected chi connectivity index (χ0v) is 15.6. The summed E-state index contributed by atoms with van der Waals surface area (Å²) in [5.41, 5.74) is 0.0806. The standard InChI is InChI=1S/C17H17F6N3O4/c1-7(13(28)25-16(21)17(22,23)15(19)20)12(27)24-9-6-30-11-8(18)4-3-5-10(11)26(2)14(9)29/h3-5,7,9,15-16H,6H2,1-2H3,(H,24,27)(H,25,28). The Kier molecular flexibility index (Phi) is 6.83. The van der Waals surface area contributed by atoms with Gasteiger partial charge in [0.1, 0.15) is 18.6 Å². The van der Waals surface area contributed by atoms with Crippen molar-refractivity contribution in [3.63, 3.8) is 0 Å². The van der Waals surface area contributed by atoms with Crippen molar-refractivity contribution >= 4 is 23.4 Å². The Balaban J connectivity index is 2.06. The molecule has 7 nitrogen and oxygen atoms in total. The SMILES string of the molecule is CC(C(=O)NC1COc2c(F)cccc2N(C)C1=O)C(=O)NC(F)C(F)(F)C(F)F. The van der Waals surface area contributed by atoms with E-state index < -0.39 is 60.7 Å². The molecule has 3 amide bonds. The Morgan fingerprint density at radius 2 is 1.87 bits per heavy atom. The van der Waals surface area contributed by atoms with Crippen LogP contribution in [0.3, 0.4) is 0 Å². The molecule has 0 fully saturated rings. The number of nitrogens with one attached hydrogen (secondary N) is 2. The van der Waals surface area contributed by atoms with Gasteiger partial charge >= 0.3 is 12.3 Å². The number of hydrogen-bond donors (Lipinski definition) is 2. The molecule has 2 rings (SSSR count). The number of fused-ring (bicyclic) bond motifs is 1. The molecule has 0 saturated carbocycles. The van der Waals surface area contributed by atoms with Crippen molar-refractivity contribution in [1.82, 2.24) is 10.6 Å². The topological polar surface area (TPSA) is 87.7 Å². The fraction of sp³-hybridized carbons (Fsp3) is 0.471. The molecule has 1 heterocycles. The number of hydrogen-bond acceptors (Lipinski definition) is 4. The molecule has 0 aliphatic carbocycles. The lowest BCUT2D eigenvalue weighted by atomic mass is 10.1. The molecule has 1 aromatic rings. The summed E-state index contributed by atoms with van der Waals surface area (Å²) in [6.45, 7) is 0.366. The molecule has 0 aromatic heterocycles. The van der Waals surface area contributed by atoms with Gasteiger partial charge in [0.15, 0.2) is 11.6 Å². The molecule has 0 saturated heterocycles. The molecule has 0 spiro atoms. The van der Waals surface area contributed by atoms with Crippen molar-refractivity contribution in [2.75, 3.05) is 18.6 Å². The van der Waals surface area contributed by atoms with Crippen LogP contribution in [-0.2, 0) is 14.4 Å². The van der Waals surface area contributed by atoms with Gasteiger partial charge in [-0.15, -0.1) is 0 Å². The van der Waals surface area contributed by atoms with Crippen LogP contribution in [0.1, 0.15) is 6.92 Å². The number of rotatable bonds is 6. The van der Waals surface area contributed by atoms with Crippen LogP contribution < -0.4 is 20.3 Å². The number of likely N-dealkylation sites (N-methyl/N-ethyl adjacent to an activating group) is 1. The van der Waals surface area contributed by atoms with Gasteiger partial charge in [-0.05, 0) is 19.1 Å². The number of nitrogens with zero attached hydrogens (tertiary/aromatic N) is 1. The summed E-state index contributed by atoms with van der Waals surface area (Å²) in [5.74, 6) is -11.5. The van der Waals surface area contributed by atoms with Gasteiger partial charge in [-0.1, -0.05) is 6.07 Å².